The Morgan fingerprint density at radius 2 is 1.82 bits per heavy atom. The minimum absolute atomic E-state index is 0.188. The predicted octanol–water partition coefficient (Wildman–Crippen LogP) is 0.187. The van der Waals surface area contributed by atoms with Crippen LogP contribution in [0.1, 0.15) is 5.56 Å². The van der Waals surface area contributed by atoms with E-state index in [4.69, 9.17) is 34.0 Å². The topological polar surface area (TPSA) is 119 Å². The van der Waals surface area contributed by atoms with E-state index in [-0.39, 0.29) is 12.4 Å². The molecular weight excluding hydrogens is 244 g/mol. The molecule has 0 spiro atoms. The Bertz CT molecular complexity index is 444. The normalized spacial score (nSPS) is 11.9. The number of hydrogen-bond acceptors (Lipinski definition) is 5. The fourth-order valence-corrected chi connectivity index (χ4v) is 1.26. The van der Waals surface area contributed by atoms with E-state index >= 15 is 0 Å². The first kappa shape index (κ1) is 13.1. The lowest BCUT2D eigenvalue weighted by atomic mass is 10.2. The van der Waals surface area contributed by atoms with Crippen LogP contribution < -0.4 is 17.3 Å². The van der Waals surface area contributed by atoms with Crippen LogP contribution in [0, 0.1) is 0 Å². The van der Waals surface area contributed by atoms with Gasteiger partial charge in [0.25, 0.3) is 0 Å². The molecule has 0 unspecified atom stereocenters. The zero-order valence-electron chi connectivity index (χ0n) is 8.93. The van der Waals surface area contributed by atoms with Crippen LogP contribution in [0.4, 0.5) is 0 Å². The predicted molar refractivity (Wildman–Crippen MR) is 64.2 cm³/mol. The lowest BCUT2D eigenvalue weighted by Crippen LogP contribution is -2.37. The molecule has 1 aromatic carbocycles. The maximum atomic E-state index is 10.6. The van der Waals surface area contributed by atoms with Crippen LogP contribution >= 0.6 is 11.6 Å². The maximum absolute atomic E-state index is 10.6. The van der Waals surface area contributed by atoms with E-state index in [0.29, 0.717) is 5.02 Å². The van der Waals surface area contributed by atoms with Crippen LogP contribution in [0.15, 0.2) is 35.8 Å². The van der Waals surface area contributed by atoms with Crippen molar-refractivity contribution in [2.45, 2.75) is 6.54 Å². The van der Waals surface area contributed by atoms with Crippen molar-refractivity contribution < 1.29 is 9.90 Å². The Morgan fingerprint density at radius 3 is 2.29 bits per heavy atom. The average molecular weight is 257 g/mol. The lowest BCUT2D eigenvalue weighted by molar-refractivity contribution is -0.132. The van der Waals surface area contributed by atoms with E-state index in [1.165, 1.54) is 0 Å². The third kappa shape index (κ3) is 3.54. The zero-order valence-corrected chi connectivity index (χ0v) is 9.69. The smallest absolute Gasteiger partial charge is 0.355 e. The molecule has 0 aliphatic heterocycles. The molecule has 7 N–H and O–H groups in total. The van der Waals surface area contributed by atoms with Gasteiger partial charge in [0.2, 0.25) is 0 Å². The minimum atomic E-state index is -1.31. The van der Waals surface area contributed by atoms with E-state index in [2.05, 4.69) is 0 Å². The van der Waals surface area contributed by atoms with Gasteiger partial charge in [-0.2, -0.15) is 0 Å². The summed E-state index contributed by atoms with van der Waals surface area (Å²) < 4.78 is 0. The third-order valence-electron chi connectivity index (χ3n) is 2.08. The maximum Gasteiger partial charge on any atom is 0.355 e. The van der Waals surface area contributed by atoms with Gasteiger partial charge in [-0.3, -0.25) is 5.01 Å². The Kier molecular flexibility index (Phi) is 4.19. The second-order valence-electron chi connectivity index (χ2n) is 3.36. The fraction of sp³-hybridized carbons (Fsp3) is 0.100. The highest BCUT2D eigenvalue weighted by molar-refractivity contribution is 6.30. The number of hydrogen-bond donors (Lipinski definition) is 4. The number of carboxylic acids is 1. The number of benzene rings is 1. The van der Waals surface area contributed by atoms with Gasteiger partial charge in [0.05, 0.1) is 6.54 Å². The molecule has 0 heterocycles. The van der Waals surface area contributed by atoms with Crippen molar-refractivity contribution in [1.29, 1.82) is 0 Å². The summed E-state index contributed by atoms with van der Waals surface area (Å²) in [5.74, 6) is 4.10. The van der Waals surface area contributed by atoms with E-state index in [1.807, 2.05) is 0 Å². The largest absolute Gasteiger partial charge is 0.476 e. The molecule has 0 atom stereocenters. The van der Waals surface area contributed by atoms with Gasteiger partial charge < -0.3 is 16.6 Å². The van der Waals surface area contributed by atoms with Gasteiger partial charge in [-0.1, -0.05) is 23.7 Å². The van der Waals surface area contributed by atoms with Crippen LogP contribution in [0.5, 0.6) is 0 Å². The van der Waals surface area contributed by atoms with Crippen molar-refractivity contribution in [1.82, 2.24) is 5.01 Å². The standard InChI is InChI=1S/C10H13ClN4O2/c11-7-3-1-6(2-4-7)5-15(14)9(13)8(12)10(16)17/h1-4H,5,12-14H2,(H,16,17)/b9-8-. The first-order valence-electron chi connectivity index (χ1n) is 4.67. The highest BCUT2D eigenvalue weighted by Crippen LogP contribution is 2.11. The van der Waals surface area contributed by atoms with Gasteiger partial charge in [0.15, 0.2) is 5.70 Å². The summed E-state index contributed by atoms with van der Waals surface area (Å²) in [6.45, 7) is 0.233. The third-order valence-corrected chi connectivity index (χ3v) is 2.33. The van der Waals surface area contributed by atoms with Gasteiger partial charge in [0.1, 0.15) is 5.82 Å². The Hall–Kier alpha value is -1.92. The van der Waals surface area contributed by atoms with Crippen molar-refractivity contribution >= 4 is 17.6 Å². The molecule has 0 aromatic heterocycles. The number of hydrazine groups is 1. The summed E-state index contributed by atoms with van der Waals surface area (Å²) in [5, 5.41) is 10.3. The van der Waals surface area contributed by atoms with Gasteiger partial charge in [-0.15, -0.1) is 0 Å². The Morgan fingerprint density at radius 1 is 1.29 bits per heavy atom. The van der Waals surface area contributed by atoms with Gasteiger partial charge >= 0.3 is 5.97 Å². The molecule has 0 saturated heterocycles. The lowest BCUT2D eigenvalue weighted by Gasteiger charge is -2.19. The molecule has 17 heavy (non-hydrogen) atoms. The van der Waals surface area contributed by atoms with E-state index in [9.17, 15) is 4.79 Å². The summed E-state index contributed by atoms with van der Waals surface area (Å²) in [4.78, 5) is 10.6. The van der Waals surface area contributed by atoms with E-state index in [0.717, 1.165) is 10.6 Å². The van der Waals surface area contributed by atoms with E-state index < -0.39 is 11.7 Å². The summed E-state index contributed by atoms with van der Waals surface area (Å²) in [7, 11) is 0. The first-order chi connectivity index (χ1) is 7.91. The highest BCUT2D eigenvalue weighted by Gasteiger charge is 2.12. The van der Waals surface area contributed by atoms with E-state index in [1.54, 1.807) is 24.3 Å². The molecule has 92 valence electrons. The fourth-order valence-electron chi connectivity index (χ4n) is 1.14. The van der Waals surface area contributed by atoms with Crippen molar-refractivity contribution in [2.24, 2.45) is 17.3 Å². The SMILES string of the molecule is N/C(C(=O)O)=C(/N)N(N)Cc1ccc(Cl)cc1. The average Bonchev–Trinajstić information content (AvgIpc) is 2.30. The van der Waals surface area contributed by atoms with Crippen molar-refractivity contribution in [3.8, 4) is 0 Å². The molecule has 0 amide bonds. The second kappa shape index (κ2) is 5.42. The molecule has 0 saturated carbocycles. The second-order valence-corrected chi connectivity index (χ2v) is 3.79. The quantitative estimate of drug-likeness (QED) is 0.347. The molecule has 0 bridgehead atoms. The molecule has 1 aromatic rings. The Labute approximate surface area is 103 Å². The molecule has 0 aliphatic carbocycles. The zero-order chi connectivity index (χ0) is 13.0. The van der Waals surface area contributed by atoms with Crippen LogP contribution in [0.25, 0.3) is 0 Å². The Balaban J connectivity index is 2.79. The number of nitrogens with zero attached hydrogens (tertiary/aromatic N) is 1. The number of halogens is 1. The summed E-state index contributed by atoms with van der Waals surface area (Å²) >= 11 is 5.73. The number of rotatable bonds is 4. The number of aliphatic carboxylic acids is 1. The van der Waals surface area contributed by atoms with Crippen molar-refractivity contribution in [2.75, 3.05) is 0 Å². The molecule has 1 rings (SSSR count). The summed E-state index contributed by atoms with van der Waals surface area (Å²) in [6, 6.07) is 6.91. The van der Waals surface area contributed by atoms with Crippen LogP contribution in [-0.4, -0.2) is 16.1 Å². The number of nitrogens with two attached hydrogens (primary N) is 3. The molecule has 7 heteroatoms. The number of carboxylic acid groups (broad SMARTS) is 1. The van der Waals surface area contributed by atoms with Crippen molar-refractivity contribution in [3.63, 3.8) is 0 Å². The van der Waals surface area contributed by atoms with Crippen LogP contribution in [-0.2, 0) is 11.3 Å². The minimum Gasteiger partial charge on any atom is -0.476 e. The van der Waals surface area contributed by atoms with Crippen LogP contribution in [0.2, 0.25) is 5.02 Å². The monoisotopic (exact) mass is 256 g/mol. The first-order valence-corrected chi connectivity index (χ1v) is 5.04. The van der Waals surface area contributed by atoms with Gasteiger partial charge in [-0.05, 0) is 17.7 Å². The van der Waals surface area contributed by atoms with Crippen LogP contribution in [0.3, 0.4) is 0 Å². The van der Waals surface area contributed by atoms with Gasteiger partial charge in [0, 0.05) is 5.02 Å². The number of carbonyl (C=O) groups is 1. The molecule has 6 nitrogen and oxygen atoms in total. The summed E-state index contributed by atoms with van der Waals surface area (Å²) in [5.41, 5.74) is 11.1. The molecule has 0 fully saturated rings. The van der Waals surface area contributed by atoms with Crippen molar-refractivity contribution in [3.05, 3.63) is 46.4 Å². The summed E-state index contributed by atoms with van der Waals surface area (Å²) in [6.07, 6.45) is 0. The van der Waals surface area contributed by atoms with Gasteiger partial charge in [-0.25, -0.2) is 10.6 Å². The highest BCUT2D eigenvalue weighted by atomic mass is 35.5. The molecule has 0 aliphatic rings. The molecule has 0 radical (unpaired) electrons. The molecular formula is C10H13ClN4O2.